The van der Waals surface area contributed by atoms with Gasteiger partial charge in [-0.05, 0) is 65.4 Å². The van der Waals surface area contributed by atoms with Crippen LogP contribution < -0.4 is 5.11 Å². The second-order valence-corrected chi connectivity index (χ2v) is 9.30. The van der Waals surface area contributed by atoms with Crippen molar-refractivity contribution in [2.45, 2.75) is 6.54 Å². The highest BCUT2D eigenvalue weighted by Gasteiger charge is 2.33. The molecule has 0 saturated carbocycles. The third kappa shape index (κ3) is 5.25. The molecule has 4 aromatic rings. The van der Waals surface area contributed by atoms with Crippen molar-refractivity contribution in [1.29, 1.82) is 0 Å². The number of hydrogen-bond acceptors (Lipinski definition) is 7. The normalized spacial score (nSPS) is 15.4. The van der Waals surface area contributed by atoms with Crippen molar-refractivity contribution in [2.75, 3.05) is 0 Å². The number of aromatic carboxylic acids is 1. The Balaban J connectivity index is 1.48. The van der Waals surface area contributed by atoms with E-state index in [9.17, 15) is 24.8 Å². The van der Waals surface area contributed by atoms with Crippen LogP contribution in [0.25, 0.3) is 11.8 Å². The zero-order valence-electron chi connectivity index (χ0n) is 19.8. The van der Waals surface area contributed by atoms with Crippen molar-refractivity contribution >= 4 is 46.3 Å². The molecule has 3 aromatic carbocycles. The number of aliphatic imine (C=N–C) groups is 1. The van der Waals surface area contributed by atoms with Crippen molar-refractivity contribution in [3.63, 3.8) is 0 Å². The highest BCUT2D eigenvalue weighted by atomic mass is 32.2. The summed E-state index contributed by atoms with van der Waals surface area (Å²) in [6.07, 6.45) is 3.57. The van der Waals surface area contributed by atoms with Gasteiger partial charge in [-0.2, -0.15) is 0 Å². The van der Waals surface area contributed by atoms with Crippen LogP contribution in [0.2, 0.25) is 0 Å². The molecule has 10 heteroatoms. The molecule has 1 saturated heterocycles. The predicted molar refractivity (Wildman–Crippen MR) is 143 cm³/mol. The monoisotopic (exact) mass is 523 g/mol. The summed E-state index contributed by atoms with van der Waals surface area (Å²) < 4.78 is 1.83. The molecular weight excluding hydrogens is 504 g/mol. The number of benzene rings is 3. The minimum atomic E-state index is -1.27. The number of nitro groups is 1. The van der Waals surface area contributed by atoms with Crippen LogP contribution in [0, 0.1) is 10.1 Å². The number of carboxylic acids is 1. The molecule has 0 spiro atoms. The van der Waals surface area contributed by atoms with E-state index in [-0.39, 0.29) is 23.7 Å². The molecule has 5 rings (SSSR count). The van der Waals surface area contributed by atoms with E-state index < -0.39 is 10.9 Å². The van der Waals surface area contributed by atoms with Gasteiger partial charge in [-0.25, -0.2) is 4.99 Å². The summed E-state index contributed by atoms with van der Waals surface area (Å²) in [5.74, 6) is -1.51. The van der Waals surface area contributed by atoms with Gasteiger partial charge in [-0.3, -0.25) is 19.8 Å². The maximum atomic E-state index is 13.5. The second kappa shape index (κ2) is 10.6. The molecular formula is C28H19N4O5S-. The van der Waals surface area contributed by atoms with Crippen LogP contribution in [0.4, 0.5) is 11.4 Å². The van der Waals surface area contributed by atoms with Gasteiger partial charge in [-0.15, -0.1) is 0 Å². The van der Waals surface area contributed by atoms with Crippen molar-refractivity contribution in [3.05, 3.63) is 129 Å². The Hall–Kier alpha value is -4.96. The molecule has 9 nitrogen and oxygen atoms in total. The van der Waals surface area contributed by atoms with E-state index in [2.05, 4.69) is 4.99 Å². The molecule has 0 N–H and O–H groups in total. The Bertz CT molecular complexity index is 1580. The minimum Gasteiger partial charge on any atom is -0.545 e. The number of para-hydroxylation sites is 1. The summed E-state index contributed by atoms with van der Waals surface area (Å²) in [5.41, 5.74) is 2.91. The van der Waals surface area contributed by atoms with Crippen LogP contribution >= 0.6 is 11.8 Å². The maximum Gasteiger partial charge on any atom is 0.269 e. The van der Waals surface area contributed by atoms with Crippen LogP contribution in [0.5, 0.6) is 0 Å². The summed E-state index contributed by atoms with van der Waals surface area (Å²) >= 11 is 1.24. The highest BCUT2D eigenvalue weighted by molar-refractivity contribution is 8.18. The quantitative estimate of drug-likeness (QED) is 0.199. The molecule has 2 heterocycles. The number of carbonyl (C=O) groups excluding carboxylic acids is 2. The molecule has 38 heavy (non-hydrogen) atoms. The zero-order valence-corrected chi connectivity index (χ0v) is 20.6. The number of hydrogen-bond donors (Lipinski definition) is 0. The van der Waals surface area contributed by atoms with E-state index in [4.69, 9.17) is 0 Å². The van der Waals surface area contributed by atoms with Crippen LogP contribution in [-0.2, 0) is 11.3 Å². The highest BCUT2D eigenvalue weighted by Crippen LogP contribution is 2.35. The van der Waals surface area contributed by atoms with Gasteiger partial charge in [0.25, 0.3) is 11.6 Å². The SMILES string of the molecule is O=C([O-])c1ccc(CN2C(=O)/C(=C/c3cccn3-c3ccc([N+](=O)[O-])cc3)SC2=Nc2ccccc2)cc1. The fourth-order valence-corrected chi connectivity index (χ4v) is 4.87. The number of nitrogens with zero attached hydrogens (tertiary/aromatic N) is 4. The van der Waals surface area contributed by atoms with Crippen molar-refractivity contribution in [2.24, 2.45) is 4.99 Å². The number of amidine groups is 1. The van der Waals surface area contributed by atoms with E-state index in [0.717, 1.165) is 5.56 Å². The average Bonchev–Trinajstić information content (AvgIpc) is 3.50. The lowest BCUT2D eigenvalue weighted by Gasteiger charge is -2.16. The Morgan fingerprint density at radius 2 is 1.66 bits per heavy atom. The predicted octanol–water partition coefficient (Wildman–Crippen LogP) is 4.55. The second-order valence-electron chi connectivity index (χ2n) is 8.29. The molecule has 0 aliphatic carbocycles. The number of amides is 1. The maximum absolute atomic E-state index is 13.5. The first-order valence-electron chi connectivity index (χ1n) is 11.5. The van der Waals surface area contributed by atoms with Crippen LogP contribution in [0.3, 0.4) is 0 Å². The smallest absolute Gasteiger partial charge is 0.269 e. The summed E-state index contributed by atoms with van der Waals surface area (Å²) in [6, 6.07) is 25.3. The number of non-ortho nitro benzene ring substituents is 1. The molecule has 188 valence electrons. The van der Waals surface area contributed by atoms with E-state index >= 15 is 0 Å². The first-order valence-corrected chi connectivity index (χ1v) is 12.3. The number of rotatable bonds is 7. The molecule has 1 fully saturated rings. The molecule has 0 atom stereocenters. The molecule has 1 aromatic heterocycles. The Morgan fingerprint density at radius 3 is 2.32 bits per heavy atom. The first-order chi connectivity index (χ1) is 18.4. The van der Waals surface area contributed by atoms with Crippen molar-refractivity contribution < 1.29 is 19.6 Å². The molecule has 0 unspecified atom stereocenters. The minimum absolute atomic E-state index is 0.00704. The Labute approximate surface area is 221 Å². The van der Waals surface area contributed by atoms with Gasteiger partial charge in [0.05, 0.1) is 28.0 Å². The molecule has 1 amide bonds. The molecule has 1 aliphatic rings. The van der Waals surface area contributed by atoms with Crippen molar-refractivity contribution in [1.82, 2.24) is 9.47 Å². The summed E-state index contributed by atoms with van der Waals surface area (Å²) in [7, 11) is 0. The van der Waals surface area contributed by atoms with Gasteiger partial charge in [0.1, 0.15) is 0 Å². The van der Waals surface area contributed by atoms with E-state index in [0.29, 0.717) is 27.1 Å². The first kappa shape index (κ1) is 24.7. The Morgan fingerprint density at radius 1 is 0.947 bits per heavy atom. The summed E-state index contributed by atoms with van der Waals surface area (Å²) in [5, 5.41) is 22.6. The van der Waals surface area contributed by atoms with Gasteiger partial charge in [-0.1, -0.05) is 42.5 Å². The third-order valence-corrected chi connectivity index (χ3v) is 6.80. The summed E-state index contributed by atoms with van der Waals surface area (Å²) in [6.45, 7) is 0.200. The fourth-order valence-electron chi connectivity index (χ4n) is 3.89. The zero-order chi connectivity index (χ0) is 26.6. The third-order valence-electron chi connectivity index (χ3n) is 5.80. The van der Waals surface area contributed by atoms with Gasteiger partial charge in [0.15, 0.2) is 5.17 Å². The molecule has 1 aliphatic heterocycles. The lowest BCUT2D eigenvalue weighted by atomic mass is 10.1. The van der Waals surface area contributed by atoms with Gasteiger partial charge in [0, 0.05) is 29.7 Å². The van der Waals surface area contributed by atoms with Crippen LogP contribution in [0.15, 0.2) is 107 Å². The van der Waals surface area contributed by atoms with Crippen molar-refractivity contribution in [3.8, 4) is 5.69 Å². The average molecular weight is 524 g/mol. The van der Waals surface area contributed by atoms with Gasteiger partial charge in [0.2, 0.25) is 0 Å². The van der Waals surface area contributed by atoms with Crippen LogP contribution in [-0.4, -0.2) is 31.4 Å². The Kier molecular flexibility index (Phi) is 6.88. The van der Waals surface area contributed by atoms with Gasteiger partial charge < -0.3 is 14.5 Å². The largest absolute Gasteiger partial charge is 0.545 e. The number of thioether (sulfide) groups is 1. The van der Waals surface area contributed by atoms with E-state index in [1.807, 2.05) is 53.2 Å². The summed E-state index contributed by atoms with van der Waals surface area (Å²) in [4.78, 5) is 41.9. The molecule has 0 bridgehead atoms. The van der Waals surface area contributed by atoms with Crippen LogP contribution in [0.1, 0.15) is 21.6 Å². The lowest BCUT2D eigenvalue weighted by Crippen LogP contribution is -2.28. The lowest BCUT2D eigenvalue weighted by molar-refractivity contribution is -0.384. The van der Waals surface area contributed by atoms with Gasteiger partial charge >= 0.3 is 0 Å². The fraction of sp³-hybridized carbons (Fsp3) is 0.0357. The number of nitro benzene ring substituents is 1. The topological polar surface area (TPSA) is 121 Å². The number of carboxylic acid groups (broad SMARTS) is 1. The van der Waals surface area contributed by atoms with E-state index in [1.54, 1.807) is 35.2 Å². The number of aromatic nitrogens is 1. The van der Waals surface area contributed by atoms with E-state index in [1.165, 1.54) is 36.0 Å². The standard InChI is InChI=1S/C28H20N4O5S/c33-26-25(17-24-7-4-16-30(24)22-12-14-23(15-13-22)32(36)37)38-28(29-21-5-2-1-3-6-21)31(26)18-19-8-10-20(11-9-19)27(34)35/h1-17H,18H2,(H,34,35)/p-1/b25-17-,29-28?. The number of carbonyl (C=O) groups is 2. The molecule has 0 radical (unpaired) electrons.